The summed E-state index contributed by atoms with van der Waals surface area (Å²) in [7, 11) is 0. The Balaban J connectivity index is 1.57. The first-order valence-corrected chi connectivity index (χ1v) is 9.69. The van der Waals surface area contributed by atoms with Crippen molar-refractivity contribution in [1.82, 2.24) is 9.88 Å². The first-order chi connectivity index (χ1) is 13.0. The Morgan fingerprint density at radius 1 is 1.22 bits per heavy atom. The molecular weight excluding hydrogens is 384 g/mol. The van der Waals surface area contributed by atoms with Crippen molar-refractivity contribution >= 4 is 28.8 Å². The lowest BCUT2D eigenvalue weighted by molar-refractivity contribution is -0.121. The molecule has 1 aromatic heterocycles. The van der Waals surface area contributed by atoms with E-state index >= 15 is 0 Å². The number of nitrogens with one attached hydrogen (secondary N) is 1. The Bertz CT molecular complexity index is 997. The number of nitrogens with zero attached hydrogens (tertiary/aromatic N) is 1. The van der Waals surface area contributed by atoms with Gasteiger partial charge in [0.05, 0.1) is 12.2 Å². The number of aromatic nitrogens is 1. The van der Waals surface area contributed by atoms with Crippen LogP contribution in [0.25, 0.3) is 11.3 Å². The van der Waals surface area contributed by atoms with Crippen LogP contribution in [0.4, 0.5) is 0 Å². The smallest absolute Gasteiger partial charge is 0.308 e. The van der Waals surface area contributed by atoms with Crippen molar-refractivity contribution in [2.45, 2.75) is 13.5 Å². The Hall–Kier alpha value is -2.57. The second kappa shape index (κ2) is 8.88. The minimum atomic E-state index is -0.244. The van der Waals surface area contributed by atoms with Crippen molar-refractivity contribution in [2.75, 3.05) is 13.2 Å². The fraction of sp³-hybridized carbons (Fsp3) is 0.200. The van der Waals surface area contributed by atoms with Crippen LogP contribution in [0, 0.1) is 6.92 Å². The molecule has 0 bridgehead atoms. The van der Waals surface area contributed by atoms with E-state index in [2.05, 4.69) is 5.32 Å². The molecular formula is C20H19ClN2O3S. The van der Waals surface area contributed by atoms with Crippen LogP contribution in [-0.2, 0) is 11.3 Å². The van der Waals surface area contributed by atoms with E-state index in [0.717, 1.165) is 28.2 Å². The van der Waals surface area contributed by atoms with Gasteiger partial charge in [0.25, 0.3) is 0 Å². The van der Waals surface area contributed by atoms with Gasteiger partial charge < -0.3 is 10.1 Å². The van der Waals surface area contributed by atoms with Gasteiger partial charge in [0, 0.05) is 16.0 Å². The maximum Gasteiger partial charge on any atom is 0.308 e. The molecule has 0 spiro atoms. The van der Waals surface area contributed by atoms with Crippen LogP contribution < -0.4 is 14.9 Å². The molecule has 1 heterocycles. The van der Waals surface area contributed by atoms with Crippen LogP contribution in [0.2, 0.25) is 5.02 Å². The molecule has 0 unspecified atom stereocenters. The minimum Gasteiger partial charge on any atom is -0.492 e. The Labute approximate surface area is 166 Å². The molecule has 2 aromatic carbocycles. The summed E-state index contributed by atoms with van der Waals surface area (Å²) in [5, 5.41) is 5.10. The van der Waals surface area contributed by atoms with Gasteiger partial charge in [-0.2, -0.15) is 0 Å². The summed E-state index contributed by atoms with van der Waals surface area (Å²) in [5.41, 5.74) is 2.59. The van der Waals surface area contributed by atoms with E-state index < -0.39 is 0 Å². The van der Waals surface area contributed by atoms with E-state index in [-0.39, 0.29) is 17.3 Å². The quantitative estimate of drug-likeness (QED) is 0.612. The summed E-state index contributed by atoms with van der Waals surface area (Å²) in [6.45, 7) is 2.66. The first-order valence-electron chi connectivity index (χ1n) is 8.43. The number of amides is 1. The zero-order chi connectivity index (χ0) is 19.2. The topological polar surface area (TPSA) is 60.3 Å². The predicted octanol–water partition coefficient (Wildman–Crippen LogP) is 3.73. The number of carbonyl (C=O) groups is 1. The van der Waals surface area contributed by atoms with Gasteiger partial charge in [0.1, 0.15) is 18.9 Å². The van der Waals surface area contributed by atoms with Crippen LogP contribution in [0.1, 0.15) is 5.56 Å². The van der Waals surface area contributed by atoms with Crippen LogP contribution in [0.3, 0.4) is 0 Å². The number of hydrogen-bond donors (Lipinski definition) is 1. The van der Waals surface area contributed by atoms with Gasteiger partial charge in [-0.3, -0.25) is 14.2 Å². The fourth-order valence-corrected chi connectivity index (χ4v) is 3.57. The Kier molecular flexibility index (Phi) is 6.32. The number of thiazole rings is 1. The summed E-state index contributed by atoms with van der Waals surface area (Å²) in [5.74, 6) is 0.521. The number of rotatable bonds is 7. The molecule has 1 amide bonds. The number of ether oxygens (including phenoxy) is 1. The molecule has 0 radical (unpaired) electrons. The molecule has 0 aliphatic carbocycles. The molecule has 0 saturated heterocycles. The summed E-state index contributed by atoms with van der Waals surface area (Å²) in [4.78, 5) is 24.2. The minimum absolute atomic E-state index is 0.0470. The van der Waals surface area contributed by atoms with Gasteiger partial charge >= 0.3 is 4.87 Å². The molecule has 1 N–H and O–H groups in total. The normalized spacial score (nSPS) is 10.6. The Morgan fingerprint density at radius 3 is 2.81 bits per heavy atom. The fourth-order valence-electron chi connectivity index (χ4n) is 2.62. The standard InChI is InChI=1S/C20H19ClN2O3S/c1-14-4-2-7-17(10-14)26-9-8-22-19(24)12-23-18(13-27-20(23)25)15-5-3-6-16(21)11-15/h2-7,10-11,13H,8-9,12H2,1H3,(H,22,24). The lowest BCUT2D eigenvalue weighted by atomic mass is 10.2. The molecule has 0 aliphatic rings. The van der Waals surface area contributed by atoms with Crippen molar-refractivity contribution in [3.05, 3.63) is 74.2 Å². The number of aryl methyl sites for hydroxylation is 1. The van der Waals surface area contributed by atoms with Crippen molar-refractivity contribution in [3.8, 4) is 17.0 Å². The average Bonchev–Trinajstić information content (AvgIpc) is 2.99. The lowest BCUT2D eigenvalue weighted by Crippen LogP contribution is -2.33. The van der Waals surface area contributed by atoms with Gasteiger partial charge in [-0.05, 0) is 36.8 Å². The highest BCUT2D eigenvalue weighted by Crippen LogP contribution is 2.23. The maximum atomic E-state index is 12.2. The monoisotopic (exact) mass is 402 g/mol. The Morgan fingerprint density at radius 2 is 2.04 bits per heavy atom. The van der Waals surface area contributed by atoms with E-state index in [9.17, 15) is 9.59 Å². The van der Waals surface area contributed by atoms with E-state index in [1.165, 1.54) is 4.57 Å². The number of halogens is 1. The van der Waals surface area contributed by atoms with Gasteiger partial charge in [-0.25, -0.2) is 0 Å². The molecule has 3 rings (SSSR count). The second-order valence-corrected chi connectivity index (χ2v) is 7.26. The van der Waals surface area contributed by atoms with Crippen LogP contribution in [-0.4, -0.2) is 23.6 Å². The zero-order valence-corrected chi connectivity index (χ0v) is 16.3. The van der Waals surface area contributed by atoms with E-state index in [1.54, 1.807) is 17.5 Å². The molecule has 27 heavy (non-hydrogen) atoms. The molecule has 3 aromatic rings. The first kappa shape index (κ1) is 19.2. The van der Waals surface area contributed by atoms with Gasteiger partial charge in [0.15, 0.2) is 0 Å². The van der Waals surface area contributed by atoms with Crippen LogP contribution in [0.5, 0.6) is 5.75 Å². The van der Waals surface area contributed by atoms with E-state index in [0.29, 0.717) is 23.9 Å². The molecule has 7 heteroatoms. The van der Waals surface area contributed by atoms with E-state index in [1.807, 2.05) is 43.3 Å². The van der Waals surface area contributed by atoms with Crippen molar-refractivity contribution in [3.63, 3.8) is 0 Å². The maximum absolute atomic E-state index is 12.2. The highest BCUT2D eigenvalue weighted by molar-refractivity contribution is 7.07. The summed E-state index contributed by atoms with van der Waals surface area (Å²) < 4.78 is 7.06. The van der Waals surface area contributed by atoms with Gasteiger partial charge in [-0.15, -0.1) is 0 Å². The predicted molar refractivity (Wildman–Crippen MR) is 109 cm³/mol. The molecule has 0 fully saturated rings. The van der Waals surface area contributed by atoms with E-state index in [4.69, 9.17) is 16.3 Å². The SMILES string of the molecule is Cc1cccc(OCCNC(=O)Cn2c(-c3cccc(Cl)c3)csc2=O)c1. The molecule has 5 nitrogen and oxygen atoms in total. The average molecular weight is 403 g/mol. The lowest BCUT2D eigenvalue weighted by Gasteiger charge is -2.10. The highest BCUT2D eigenvalue weighted by Gasteiger charge is 2.12. The van der Waals surface area contributed by atoms with Crippen molar-refractivity contribution in [1.29, 1.82) is 0 Å². The van der Waals surface area contributed by atoms with Gasteiger partial charge in [0.2, 0.25) is 5.91 Å². The third-order valence-corrected chi connectivity index (χ3v) is 4.89. The third-order valence-electron chi connectivity index (χ3n) is 3.89. The van der Waals surface area contributed by atoms with Crippen LogP contribution >= 0.6 is 22.9 Å². The molecule has 0 aliphatic heterocycles. The largest absolute Gasteiger partial charge is 0.492 e. The summed E-state index contributed by atoms with van der Waals surface area (Å²) in [6, 6.07) is 14.9. The second-order valence-electron chi connectivity index (χ2n) is 6.00. The number of benzene rings is 2. The van der Waals surface area contributed by atoms with Gasteiger partial charge in [-0.1, -0.05) is 47.2 Å². The number of hydrogen-bond acceptors (Lipinski definition) is 4. The molecule has 0 saturated carbocycles. The van der Waals surface area contributed by atoms with Crippen molar-refractivity contribution in [2.24, 2.45) is 0 Å². The highest BCUT2D eigenvalue weighted by atomic mass is 35.5. The van der Waals surface area contributed by atoms with Crippen LogP contribution in [0.15, 0.2) is 58.7 Å². The summed E-state index contributed by atoms with van der Waals surface area (Å²) >= 11 is 7.09. The zero-order valence-electron chi connectivity index (χ0n) is 14.8. The number of carbonyl (C=O) groups excluding carboxylic acids is 1. The molecule has 0 atom stereocenters. The summed E-state index contributed by atoms with van der Waals surface area (Å²) in [6.07, 6.45) is 0. The van der Waals surface area contributed by atoms with Crippen molar-refractivity contribution < 1.29 is 9.53 Å². The molecule has 140 valence electrons. The third kappa shape index (κ3) is 5.21.